The summed E-state index contributed by atoms with van der Waals surface area (Å²) in [5.41, 5.74) is 2.98. The fourth-order valence-corrected chi connectivity index (χ4v) is 3.93. The average Bonchev–Trinajstić information content (AvgIpc) is 3.27. The molecule has 0 atom stereocenters. The Kier molecular flexibility index (Phi) is 6.57. The lowest BCUT2D eigenvalue weighted by Crippen LogP contribution is -2.19. The van der Waals surface area contributed by atoms with E-state index in [1.54, 1.807) is 18.5 Å². The Hall–Kier alpha value is -3.12. The van der Waals surface area contributed by atoms with Gasteiger partial charge in [-0.25, -0.2) is 4.39 Å². The highest BCUT2D eigenvalue weighted by Gasteiger charge is 2.20. The van der Waals surface area contributed by atoms with Gasteiger partial charge in [0, 0.05) is 18.3 Å². The van der Waals surface area contributed by atoms with Crippen molar-refractivity contribution in [2.75, 3.05) is 11.1 Å². The lowest BCUT2D eigenvalue weighted by molar-refractivity contribution is -0.113. The van der Waals surface area contributed by atoms with Gasteiger partial charge in [0.1, 0.15) is 24.0 Å². The molecule has 0 unspecified atom stereocenters. The number of hydrogen-bond donors (Lipinski definition) is 1. The number of halogens is 1. The zero-order valence-electron chi connectivity index (χ0n) is 17.3. The van der Waals surface area contributed by atoms with Gasteiger partial charge >= 0.3 is 0 Å². The van der Waals surface area contributed by atoms with Crippen molar-refractivity contribution in [2.45, 2.75) is 45.4 Å². The number of anilines is 1. The fraction of sp³-hybridized carbons (Fsp3) is 0.333. The predicted octanol–water partition coefficient (Wildman–Crippen LogP) is 4.07. The van der Waals surface area contributed by atoms with Crippen LogP contribution < -0.4 is 5.32 Å². The summed E-state index contributed by atoms with van der Waals surface area (Å²) in [5, 5.41) is 21.1. The maximum absolute atomic E-state index is 13.2. The Morgan fingerprint density at radius 1 is 1.30 bits per heavy atom. The van der Waals surface area contributed by atoms with E-state index in [0.717, 1.165) is 16.8 Å². The zero-order valence-corrected chi connectivity index (χ0v) is 18.1. The molecule has 0 bridgehead atoms. The molecule has 0 aliphatic carbocycles. The van der Waals surface area contributed by atoms with E-state index in [4.69, 9.17) is 0 Å². The molecule has 2 heterocycles. The second-order valence-corrected chi connectivity index (χ2v) is 8.15. The molecular formula is C21H23FN6OS. The quantitative estimate of drug-likeness (QED) is 0.576. The van der Waals surface area contributed by atoms with Crippen molar-refractivity contribution in [3.63, 3.8) is 0 Å². The first kappa shape index (κ1) is 21.6. The Bertz CT molecular complexity index is 1090. The van der Waals surface area contributed by atoms with Crippen LogP contribution in [0.5, 0.6) is 0 Å². The second-order valence-electron chi connectivity index (χ2n) is 7.21. The van der Waals surface area contributed by atoms with Crippen LogP contribution in [-0.4, -0.2) is 31.0 Å². The molecule has 1 aromatic carbocycles. The van der Waals surface area contributed by atoms with Gasteiger partial charge in [-0.05, 0) is 51.0 Å². The fourth-order valence-electron chi connectivity index (χ4n) is 3.09. The standard InChI is InChI=1S/C21H23FN6OS/c1-13(2)28-12-24-26-21(28)30-11-19(29)25-20-18(9-23)14(3)15(4)27(20)10-16-5-7-17(22)8-6-16/h5-8,12-13H,10-11H2,1-4H3,(H,25,29). The van der Waals surface area contributed by atoms with Crippen LogP contribution in [0.15, 0.2) is 35.7 Å². The normalized spacial score (nSPS) is 11.0. The third-order valence-electron chi connectivity index (χ3n) is 4.88. The van der Waals surface area contributed by atoms with Crippen LogP contribution >= 0.6 is 11.8 Å². The summed E-state index contributed by atoms with van der Waals surface area (Å²) in [4.78, 5) is 12.7. The molecule has 0 saturated carbocycles. The SMILES string of the molecule is Cc1c(C#N)c(NC(=O)CSc2nncn2C(C)C)n(Cc2ccc(F)cc2)c1C. The molecule has 0 fully saturated rings. The van der Waals surface area contributed by atoms with E-state index >= 15 is 0 Å². The topological polar surface area (TPSA) is 88.5 Å². The first-order valence-electron chi connectivity index (χ1n) is 9.48. The molecule has 0 radical (unpaired) electrons. The molecule has 0 saturated heterocycles. The molecule has 9 heteroatoms. The van der Waals surface area contributed by atoms with Crippen molar-refractivity contribution in [1.29, 1.82) is 5.26 Å². The van der Waals surface area contributed by atoms with Crippen molar-refractivity contribution >= 4 is 23.5 Å². The van der Waals surface area contributed by atoms with Crippen molar-refractivity contribution in [1.82, 2.24) is 19.3 Å². The molecule has 0 aliphatic heterocycles. The maximum Gasteiger partial charge on any atom is 0.235 e. The number of carbonyl (C=O) groups excluding carboxylic acids is 1. The molecular weight excluding hydrogens is 403 g/mol. The number of rotatable bonds is 7. The van der Waals surface area contributed by atoms with E-state index in [2.05, 4.69) is 21.6 Å². The van der Waals surface area contributed by atoms with Gasteiger partial charge in [-0.15, -0.1) is 10.2 Å². The molecule has 0 aliphatic rings. The summed E-state index contributed by atoms with van der Waals surface area (Å²) in [6.45, 7) is 8.19. The van der Waals surface area contributed by atoms with E-state index in [-0.39, 0.29) is 23.5 Å². The van der Waals surface area contributed by atoms with Crippen molar-refractivity contribution in [2.24, 2.45) is 0 Å². The smallest absolute Gasteiger partial charge is 0.235 e. The Labute approximate surface area is 178 Å². The van der Waals surface area contributed by atoms with E-state index in [1.165, 1.54) is 23.9 Å². The third kappa shape index (κ3) is 4.54. The van der Waals surface area contributed by atoms with Gasteiger partial charge in [0.15, 0.2) is 5.16 Å². The number of nitrogens with zero attached hydrogens (tertiary/aromatic N) is 5. The Morgan fingerprint density at radius 3 is 2.63 bits per heavy atom. The molecule has 30 heavy (non-hydrogen) atoms. The minimum Gasteiger partial charge on any atom is -0.326 e. The summed E-state index contributed by atoms with van der Waals surface area (Å²) < 4.78 is 17.0. The van der Waals surface area contributed by atoms with Crippen molar-refractivity contribution in [3.05, 3.63) is 58.8 Å². The van der Waals surface area contributed by atoms with Gasteiger partial charge in [-0.3, -0.25) is 4.79 Å². The van der Waals surface area contributed by atoms with Gasteiger partial charge < -0.3 is 14.5 Å². The number of hydrogen-bond acceptors (Lipinski definition) is 5. The van der Waals surface area contributed by atoms with Gasteiger partial charge in [0.25, 0.3) is 0 Å². The van der Waals surface area contributed by atoms with Crippen molar-refractivity contribution in [3.8, 4) is 6.07 Å². The predicted molar refractivity (Wildman–Crippen MR) is 114 cm³/mol. The van der Waals surface area contributed by atoms with Crippen molar-refractivity contribution < 1.29 is 9.18 Å². The van der Waals surface area contributed by atoms with Gasteiger partial charge in [0.2, 0.25) is 5.91 Å². The highest BCUT2D eigenvalue weighted by molar-refractivity contribution is 7.99. The summed E-state index contributed by atoms with van der Waals surface area (Å²) in [7, 11) is 0. The largest absolute Gasteiger partial charge is 0.326 e. The van der Waals surface area contributed by atoms with E-state index in [9.17, 15) is 14.4 Å². The third-order valence-corrected chi connectivity index (χ3v) is 5.84. The number of benzene rings is 1. The molecule has 3 rings (SSSR count). The van der Waals surface area contributed by atoms with E-state index in [0.29, 0.717) is 23.1 Å². The second kappa shape index (κ2) is 9.13. The minimum absolute atomic E-state index is 0.135. The number of carbonyl (C=O) groups is 1. The summed E-state index contributed by atoms with van der Waals surface area (Å²) in [5.74, 6) is 0.0351. The molecule has 1 amide bonds. The zero-order chi connectivity index (χ0) is 21.8. The Morgan fingerprint density at radius 2 is 2.00 bits per heavy atom. The molecule has 3 aromatic rings. The van der Waals surface area contributed by atoms with E-state index in [1.807, 2.05) is 36.8 Å². The summed E-state index contributed by atoms with van der Waals surface area (Å²) >= 11 is 1.29. The Balaban J connectivity index is 1.81. The molecule has 7 nitrogen and oxygen atoms in total. The van der Waals surface area contributed by atoms with Gasteiger partial charge in [-0.2, -0.15) is 5.26 Å². The molecule has 0 spiro atoms. The van der Waals surface area contributed by atoms with Crippen LogP contribution in [0.4, 0.5) is 10.2 Å². The lowest BCUT2D eigenvalue weighted by atomic mass is 10.2. The lowest BCUT2D eigenvalue weighted by Gasteiger charge is -2.14. The monoisotopic (exact) mass is 426 g/mol. The van der Waals surface area contributed by atoms with Crippen LogP contribution in [0.1, 0.15) is 42.3 Å². The number of nitriles is 1. The van der Waals surface area contributed by atoms with Crippen LogP contribution in [0, 0.1) is 31.0 Å². The van der Waals surface area contributed by atoms with Crippen LogP contribution in [-0.2, 0) is 11.3 Å². The molecule has 156 valence electrons. The van der Waals surface area contributed by atoms with E-state index < -0.39 is 0 Å². The number of aromatic nitrogens is 4. The summed E-state index contributed by atoms with van der Waals surface area (Å²) in [6, 6.07) is 8.55. The minimum atomic E-state index is -0.309. The average molecular weight is 427 g/mol. The van der Waals surface area contributed by atoms with Crippen LogP contribution in [0.2, 0.25) is 0 Å². The number of thioether (sulfide) groups is 1. The van der Waals surface area contributed by atoms with Gasteiger partial charge in [0.05, 0.1) is 11.3 Å². The molecule has 2 aromatic heterocycles. The van der Waals surface area contributed by atoms with Crippen LogP contribution in [0.3, 0.4) is 0 Å². The number of amides is 1. The number of nitrogens with one attached hydrogen (secondary N) is 1. The first-order valence-corrected chi connectivity index (χ1v) is 10.5. The maximum atomic E-state index is 13.2. The first-order chi connectivity index (χ1) is 14.3. The van der Waals surface area contributed by atoms with Crippen LogP contribution in [0.25, 0.3) is 0 Å². The highest BCUT2D eigenvalue weighted by Crippen LogP contribution is 2.28. The van der Waals surface area contributed by atoms with Gasteiger partial charge in [-0.1, -0.05) is 23.9 Å². The highest BCUT2D eigenvalue weighted by atomic mass is 32.2. The summed E-state index contributed by atoms with van der Waals surface area (Å²) in [6.07, 6.45) is 1.64. The molecule has 1 N–H and O–H groups in total.